The highest BCUT2D eigenvalue weighted by Crippen LogP contribution is 2.07. The van der Waals surface area contributed by atoms with E-state index in [2.05, 4.69) is 10.6 Å². The molecule has 0 aliphatic carbocycles. The number of carbonyl (C=O) groups is 1. The molecule has 1 aliphatic heterocycles. The lowest BCUT2D eigenvalue weighted by atomic mass is 10.1. The fourth-order valence-corrected chi connectivity index (χ4v) is 1.87. The van der Waals surface area contributed by atoms with Crippen molar-refractivity contribution in [2.45, 2.75) is 18.2 Å². The molecular formula is C12H16N2O3. The fourth-order valence-electron chi connectivity index (χ4n) is 1.87. The van der Waals surface area contributed by atoms with E-state index in [4.69, 9.17) is 0 Å². The van der Waals surface area contributed by atoms with Crippen LogP contribution in [0.3, 0.4) is 0 Å². The number of benzene rings is 1. The van der Waals surface area contributed by atoms with Gasteiger partial charge in [0.2, 0.25) is 0 Å². The first kappa shape index (κ1) is 12.0. The predicted octanol–water partition coefficient (Wildman–Crippen LogP) is -0.890. The van der Waals surface area contributed by atoms with Crippen LogP contribution in [0.15, 0.2) is 30.3 Å². The summed E-state index contributed by atoms with van der Waals surface area (Å²) in [6, 6.07) is 8.58. The van der Waals surface area contributed by atoms with Crippen LogP contribution >= 0.6 is 0 Å². The summed E-state index contributed by atoms with van der Waals surface area (Å²) < 4.78 is 0. The smallest absolute Gasteiger partial charge is 0.251 e. The Morgan fingerprint density at radius 2 is 2.06 bits per heavy atom. The van der Waals surface area contributed by atoms with Crippen LogP contribution in [0.5, 0.6) is 0 Å². The van der Waals surface area contributed by atoms with Gasteiger partial charge in [-0.25, -0.2) is 0 Å². The molecule has 0 radical (unpaired) electrons. The average Bonchev–Trinajstić information content (AvgIpc) is 2.68. The third-order valence-corrected chi connectivity index (χ3v) is 2.91. The van der Waals surface area contributed by atoms with Crippen LogP contribution in [0.1, 0.15) is 10.4 Å². The molecule has 0 unspecified atom stereocenters. The van der Waals surface area contributed by atoms with Crippen molar-refractivity contribution < 1.29 is 15.0 Å². The molecule has 1 aliphatic rings. The summed E-state index contributed by atoms with van der Waals surface area (Å²) in [5.74, 6) is -0.180. The minimum Gasteiger partial charge on any atom is -0.389 e. The molecule has 1 aromatic rings. The molecule has 17 heavy (non-hydrogen) atoms. The van der Waals surface area contributed by atoms with Crippen LogP contribution < -0.4 is 10.6 Å². The summed E-state index contributed by atoms with van der Waals surface area (Å²) >= 11 is 0. The SMILES string of the molecule is O=C(NC[C@@H]1NC[C@H](O)[C@@H]1O)c1ccccc1. The molecular weight excluding hydrogens is 220 g/mol. The van der Waals surface area contributed by atoms with Gasteiger partial charge in [0.05, 0.1) is 18.2 Å². The number of aliphatic hydroxyl groups excluding tert-OH is 2. The molecule has 1 aromatic carbocycles. The number of hydrogen-bond donors (Lipinski definition) is 4. The quantitative estimate of drug-likeness (QED) is 0.549. The first-order valence-electron chi connectivity index (χ1n) is 5.61. The Morgan fingerprint density at radius 3 is 2.65 bits per heavy atom. The maximum Gasteiger partial charge on any atom is 0.251 e. The molecule has 1 amide bonds. The van der Waals surface area contributed by atoms with Gasteiger partial charge in [0.25, 0.3) is 5.91 Å². The lowest BCUT2D eigenvalue weighted by molar-refractivity contribution is 0.0404. The molecule has 1 fully saturated rings. The number of aliphatic hydroxyl groups is 2. The standard InChI is InChI=1S/C12H16N2O3/c15-10-7-13-9(11(10)16)6-14-12(17)8-4-2-1-3-5-8/h1-5,9-11,13,15-16H,6-7H2,(H,14,17)/t9-,10-,11+/m0/s1. The van der Waals surface area contributed by atoms with Crippen molar-refractivity contribution in [2.75, 3.05) is 13.1 Å². The van der Waals surface area contributed by atoms with Crippen molar-refractivity contribution in [3.8, 4) is 0 Å². The molecule has 2 rings (SSSR count). The van der Waals surface area contributed by atoms with Gasteiger partial charge in [-0.3, -0.25) is 4.79 Å². The maximum absolute atomic E-state index is 11.7. The number of amides is 1. The van der Waals surface area contributed by atoms with Gasteiger partial charge in [0.1, 0.15) is 0 Å². The lowest BCUT2D eigenvalue weighted by Gasteiger charge is -2.16. The summed E-state index contributed by atoms with van der Waals surface area (Å²) in [5.41, 5.74) is 0.584. The zero-order valence-electron chi connectivity index (χ0n) is 9.34. The lowest BCUT2D eigenvalue weighted by Crippen LogP contribution is -2.43. The second-order valence-electron chi connectivity index (χ2n) is 4.15. The van der Waals surface area contributed by atoms with E-state index in [1.165, 1.54) is 0 Å². The molecule has 4 N–H and O–H groups in total. The van der Waals surface area contributed by atoms with Crippen molar-refractivity contribution in [1.29, 1.82) is 0 Å². The van der Waals surface area contributed by atoms with Crippen LogP contribution in [0, 0.1) is 0 Å². The summed E-state index contributed by atoms with van der Waals surface area (Å²) in [4.78, 5) is 11.7. The highest BCUT2D eigenvalue weighted by atomic mass is 16.3. The minimum atomic E-state index is -0.828. The Hall–Kier alpha value is -1.43. The van der Waals surface area contributed by atoms with Crippen LogP contribution in [0.2, 0.25) is 0 Å². The zero-order chi connectivity index (χ0) is 12.3. The van der Waals surface area contributed by atoms with Crippen LogP contribution in [0.25, 0.3) is 0 Å². The average molecular weight is 236 g/mol. The van der Waals surface area contributed by atoms with Crippen molar-refractivity contribution in [1.82, 2.24) is 10.6 Å². The zero-order valence-corrected chi connectivity index (χ0v) is 9.34. The topological polar surface area (TPSA) is 81.6 Å². The van der Waals surface area contributed by atoms with E-state index >= 15 is 0 Å². The highest BCUT2D eigenvalue weighted by molar-refractivity contribution is 5.94. The third kappa shape index (κ3) is 2.82. The van der Waals surface area contributed by atoms with E-state index < -0.39 is 12.2 Å². The van der Waals surface area contributed by atoms with Gasteiger partial charge >= 0.3 is 0 Å². The first-order valence-corrected chi connectivity index (χ1v) is 5.61. The number of nitrogens with one attached hydrogen (secondary N) is 2. The Morgan fingerprint density at radius 1 is 1.35 bits per heavy atom. The molecule has 0 spiro atoms. The number of carbonyl (C=O) groups excluding carboxylic acids is 1. The second kappa shape index (κ2) is 5.27. The van der Waals surface area contributed by atoms with Gasteiger partial charge in [-0.05, 0) is 12.1 Å². The predicted molar refractivity (Wildman–Crippen MR) is 62.6 cm³/mol. The summed E-state index contributed by atoms with van der Waals surface area (Å²) in [6.45, 7) is 0.652. The molecule has 0 saturated carbocycles. The molecule has 1 heterocycles. The van der Waals surface area contributed by atoms with Gasteiger partial charge in [0, 0.05) is 18.7 Å². The fraction of sp³-hybridized carbons (Fsp3) is 0.417. The van der Waals surface area contributed by atoms with Gasteiger partial charge in [-0.15, -0.1) is 0 Å². The Kier molecular flexibility index (Phi) is 3.73. The van der Waals surface area contributed by atoms with E-state index in [9.17, 15) is 15.0 Å². The van der Waals surface area contributed by atoms with E-state index in [1.807, 2.05) is 6.07 Å². The van der Waals surface area contributed by atoms with Crippen molar-refractivity contribution in [3.05, 3.63) is 35.9 Å². The largest absolute Gasteiger partial charge is 0.389 e. The molecule has 92 valence electrons. The Labute approximate surface area is 99.5 Å². The van der Waals surface area contributed by atoms with E-state index in [0.29, 0.717) is 18.7 Å². The van der Waals surface area contributed by atoms with Gasteiger partial charge in [0.15, 0.2) is 0 Å². The molecule has 5 nitrogen and oxygen atoms in total. The summed E-state index contributed by atoms with van der Waals surface area (Å²) in [5, 5.41) is 24.6. The second-order valence-corrected chi connectivity index (χ2v) is 4.15. The number of rotatable bonds is 3. The number of β-amino-alcohol motifs (C(OH)–C–C–N with tert-alkyl or cyclic N) is 1. The highest BCUT2D eigenvalue weighted by Gasteiger charge is 2.32. The molecule has 0 bridgehead atoms. The Balaban J connectivity index is 1.85. The first-order chi connectivity index (χ1) is 8.18. The van der Waals surface area contributed by atoms with Crippen LogP contribution in [-0.4, -0.2) is 47.5 Å². The monoisotopic (exact) mass is 236 g/mol. The molecule has 5 heteroatoms. The summed E-state index contributed by atoms with van der Waals surface area (Å²) in [6.07, 6.45) is -1.58. The van der Waals surface area contributed by atoms with E-state index in [1.54, 1.807) is 24.3 Å². The minimum absolute atomic E-state index is 0.180. The van der Waals surface area contributed by atoms with Gasteiger partial charge < -0.3 is 20.8 Å². The Bertz CT molecular complexity index is 383. The number of hydrogen-bond acceptors (Lipinski definition) is 4. The van der Waals surface area contributed by atoms with Gasteiger partial charge in [-0.1, -0.05) is 18.2 Å². The summed E-state index contributed by atoms with van der Waals surface area (Å²) in [7, 11) is 0. The van der Waals surface area contributed by atoms with Crippen LogP contribution in [-0.2, 0) is 0 Å². The molecule has 1 saturated heterocycles. The molecule has 3 atom stereocenters. The van der Waals surface area contributed by atoms with Crippen molar-refractivity contribution in [3.63, 3.8) is 0 Å². The molecule has 0 aromatic heterocycles. The van der Waals surface area contributed by atoms with E-state index in [-0.39, 0.29) is 11.9 Å². The van der Waals surface area contributed by atoms with E-state index in [0.717, 1.165) is 0 Å². The third-order valence-electron chi connectivity index (χ3n) is 2.91. The normalized spacial score (nSPS) is 28.0. The maximum atomic E-state index is 11.7. The van der Waals surface area contributed by atoms with Gasteiger partial charge in [-0.2, -0.15) is 0 Å². The van der Waals surface area contributed by atoms with Crippen molar-refractivity contribution >= 4 is 5.91 Å². The van der Waals surface area contributed by atoms with Crippen molar-refractivity contribution in [2.24, 2.45) is 0 Å². The van der Waals surface area contributed by atoms with Crippen LogP contribution in [0.4, 0.5) is 0 Å².